The van der Waals surface area contributed by atoms with Crippen molar-refractivity contribution in [1.82, 2.24) is 9.80 Å². The number of rotatable bonds is 6. The number of hydrogen-bond acceptors (Lipinski definition) is 4. The molecule has 2 aliphatic rings. The monoisotopic (exact) mass is 421 g/mol. The van der Waals surface area contributed by atoms with Gasteiger partial charge in [0.25, 0.3) is 5.91 Å². The molecule has 0 unspecified atom stereocenters. The number of aryl methyl sites for hydroxylation is 1. The first-order valence-corrected chi connectivity index (χ1v) is 11.5. The molecule has 0 radical (unpaired) electrons. The van der Waals surface area contributed by atoms with Gasteiger partial charge in [-0.1, -0.05) is 18.2 Å². The van der Waals surface area contributed by atoms with Gasteiger partial charge in [0.1, 0.15) is 5.75 Å². The third kappa shape index (κ3) is 5.04. The number of nitrogens with zero attached hydrogens (tertiary/aromatic N) is 3. The first-order valence-electron chi connectivity index (χ1n) is 11.5. The van der Waals surface area contributed by atoms with Crippen LogP contribution in [0.15, 0.2) is 42.5 Å². The molecule has 2 aromatic rings. The highest BCUT2D eigenvalue weighted by Crippen LogP contribution is 2.28. The maximum absolute atomic E-state index is 13.8. The van der Waals surface area contributed by atoms with E-state index in [2.05, 4.69) is 52.9 Å². The molecule has 0 aliphatic carbocycles. The van der Waals surface area contributed by atoms with Crippen LogP contribution in [0.25, 0.3) is 0 Å². The Morgan fingerprint density at radius 3 is 2.35 bits per heavy atom. The lowest BCUT2D eigenvalue weighted by Crippen LogP contribution is -2.46. The smallest absolute Gasteiger partial charge is 0.254 e. The normalized spacial score (nSPS) is 17.7. The zero-order chi connectivity index (χ0) is 21.8. The van der Waals surface area contributed by atoms with Gasteiger partial charge in [0, 0.05) is 36.9 Å². The maximum atomic E-state index is 13.8. The number of methoxy groups -OCH3 is 1. The highest BCUT2D eigenvalue weighted by molar-refractivity contribution is 5.95. The van der Waals surface area contributed by atoms with Gasteiger partial charge in [0.05, 0.1) is 7.11 Å². The number of likely N-dealkylation sites (tertiary alicyclic amines) is 1. The Kier molecular flexibility index (Phi) is 6.81. The molecule has 0 aromatic heterocycles. The van der Waals surface area contributed by atoms with Crippen molar-refractivity contribution in [3.05, 3.63) is 59.2 Å². The van der Waals surface area contributed by atoms with Crippen LogP contribution in [0.3, 0.4) is 0 Å². The Morgan fingerprint density at radius 2 is 1.71 bits per heavy atom. The Bertz CT molecular complexity index is 882. The summed E-state index contributed by atoms with van der Waals surface area (Å²) in [6, 6.07) is 14.6. The van der Waals surface area contributed by atoms with Crippen LogP contribution in [0.4, 0.5) is 5.69 Å². The quantitative estimate of drug-likeness (QED) is 0.695. The molecular weight excluding hydrogens is 386 g/mol. The Morgan fingerprint density at radius 1 is 1.03 bits per heavy atom. The number of anilines is 1. The van der Waals surface area contributed by atoms with Crippen molar-refractivity contribution in [1.29, 1.82) is 0 Å². The first kappa shape index (κ1) is 21.7. The van der Waals surface area contributed by atoms with Gasteiger partial charge in [-0.3, -0.25) is 4.79 Å². The lowest BCUT2D eigenvalue weighted by molar-refractivity contribution is 0.0569. The third-order valence-electron chi connectivity index (χ3n) is 6.80. The van der Waals surface area contributed by atoms with E-state index in [1.54, 1.807) is 7.11 Å². The van der Waals surface area contributed by atoms with Crippen molar-refractivity contribution in [3.63, 3.8) is 0 Å². The van der Waals surface area contributed by atoms with Crippen molar-refractivity contribution in [3.8, 4) is 5.75 Å². The fourth-order valence-corrected chi connectivity index (χ4v) is 4.81. The van der Waals surface area contributed by atoms with E-state index in [0.29, 0.717) is 6.54 Å². The van der Waals surface area contributed by atoms with Gasteiger partial charge in [-0.25, -0.2) is 0 Å². The third-order valence-corrected chi connectivity index (χ3v) is 6.80. The maximum Gasteiger partial charge on any atom is 0.254 e. The largest absolute Gasteiger partial charge is 0.497 e. The van der Waals surface area contributed by atoms with E-state index in [9.17, 15) is 4.79 Å². The second kappa shape index (κ2) is 9.73. The number of hydrogen-bond donors (Lipinski definition) is 0. The average molecular weight is 422 g/mol. The molecule has 5 nitrogen and oxygen atoms in total. The number of carbonyl (C=O) groups excluding carboxylic acids is 1. The van der Waals surface area contributed by atoms with E-state index in [0.717, 1.165) is 55.9 Å². The molecule has 0 saturated carbocycles. The minimum absolute atomic E-state index is 0.144. The molecular formula is C26H35N3O2. The van der Waals surface area contributed by atoms with E-state index >= 15 is 0 Å². The van der Waals surface area contributed by atoms with Crippen molar-refractivity contribution >= 4 is 11.6 Å². The van der Waals surface area contributed by atoms with Crippen molar-refractivity contribution in [2.75, 3.05) is 45.2 Å². The van der Waals surface area contributed by atoms with Crippen LogP contribution >= 0.6 is 0 Å². The minimum Gasteiger partial charge on any atom is -0.497 e. The summed E-state index contributed by atoms with van der Waals surface area (Å²) in [6.07, 6.45) is 4.50. The summed E-state index contributed by atoms with van der Waals surface area (Å²) in [5.74, 6) is 0.987. The summed E-state index contributed by atoms with van der Waals surface area (Å²) in [6.45, 7) is 7.01. The van der Waals surface area contributed by atoms with Crippen molar-refractivity contribution in [2.45, 2.75) is 45.2 Å². The van der Waals surface area contributed by atoms with E-state index in [1.807, 2.05) is 18.2 Å². The van der Waals surface area contributed by atoms with Crippen molar-refractivity contribution < 1.29 is 9.53 Å². The summed E-state index contributed by atoms with van der Waals surface area (Å²) in [5.41, 5.74) is 4.41. The van der Waals surface area contributed by atoms with Gasteiger partial charge in [-0.2, -0.15) is 0 Å². The van der Waals surface area contributed by atoms with Crippen LogP contribution in [-0.2, 0) is 6.54 Å². The number of benzene rings is 2. The van der Waals surface area contributed by atoms with Crippen molar-refractivity contribution in [2.24, 2.45) is 0 Å². The molecule has 0 spiro atoms. The van der Waals surface area contributed by atoms with Gasteiger partial charge >= 0.3 is 0 Å². The zero-order valence-electron chi connectivity index (χ0n) is 19.1. The Hall–Kier alpha value is -2.53. The topological polar surface area (TPSA) is 36.0 Å². The standard InChI is InChI=1S/C26H35N3O2/c1-20-6-9-22(18-25(20)28-14-4-5-15-28)26(30)29(23-12-16-27(2)17-13-23)19-21-7-10-24(31-3)11-8-21/h6-11,18,23H,4-5,12-17,19H2,1-3H3. The van der Waals surface area contributed by atoms with Crippen LogP contribution in [0, 0.1) is 6.92 Å². The summed E-state index contributed by atoms with van der Waals surface area (Å²) in [4.78, 5) is 20.7. The zero-order valence-corrected chi connectivity index (χ0v) is 19.1. The van der Waals surface area contributed by atoms with Gasteiger partial charge < -0.3 is 19.4 Å². The predicted molar refractivity (Wildman–Crippen MR) is 126 cm³/mol. The van der Waals surface area contributed by atoms with Crippen LogP contribution in [0.1, 0.15) is 47.2 Å². The van der Waals surface area contributed by atoms with Crippen LogP contribution in [0.5, 0.6) is 5.75 Å². The van der Waals surface area contributed by atoms with E-state index in [-0.39, 0.29) is 11.9 Å². The molecule has 2 aliphatic heterocycles. The lowest BCUT2D eigenvalue weighted by atomic mass is 10.0. The van der Waals surface area contributed by atoms with E-state index in [1.165, 1.54) is 24.1 Å². The fourth-order valence-electron chi connectivity index (χ4n) is 4.81. The number of amides is 1. The summed E-state index contributed by atoms with van der Waals surface area (Å²) in [7, 11) is 3.84. The summed E-state index contributed by atoms with van der Waals surface area (Å²) < 4.78 is 5.30. The van der Waals surface area contributed by atoms with Crippen LogP contribution in [0.2, 0.25) is 0 Å². The molecule has 2 fully saturated rings. The molecule has 0 N–H and O–H groups in total. The highest BCUT2D eigenvalue weighted by atomic mass is 16.5. The Balaban J connectivity index is 1.60. The second-order valence-electron chi connectivity index (χ2n) is 9.01. The highest BCUT2D eigenvalue weighted by Gasteiger charge is 2.28. The van der Waals surface area contributed by atoms with E-state index < -0.39 is 0 Å². The summed E-state index contributed by atoms with van der Waals surface area (Å²) >= 11 is 0. The lowest BCUT2D eigenvalue weighted by Gasteiger charge is -2.37. The van der Waals surface area contributed by atoms with Crippen LogP contribution in [-0.4, -0.2) is 62.1 Å². The van der Waals surface area contributed by atoms with Gasteiger partial charge in [-0.15, -0.1) is 0 Å². The second-order valence-corrected chi connectivity index (χ2v) is 9.01. The Labute approximate surface area is 186 Å². The molecule has 2 aromatic carbocycles. The molecule has 0 bridgehead atoms. The summed E-state index contributed by atoms with van der Waals surface area (Å²) in [5, 5.41) is 0. The fraction of sp³-hybridized carbons (Fsp3) is 0.500. The molecule has 166 valence electrons. The van der Waals surface area contributed by atoms with Gasteiger partial charge in [0.15, 0.2) is 0 Å². The first-order chi connectivity index (χ1) is 15.0. The van der Waals surface area contributed by atoms with E-state index in [4.69, 9.17) is 4.74 Å². The molecule has 2 saturated heterocycles. The predicted octanol–water partition coefficient (Wildman–Crippen LogP) is 4.34. The molecule has 31 heavy (non-hydrogen) atoms. The number of ether oxygens (including phenoxy) is 1. The molecule has 1 amide bonds. The molecule has 0 atom stereocenters. The SMILES string of the molecule is COc1ccc(CN(C(=O)c2ccc(C)c(N3CCCC3)c2)C2CCN(C)CC2)cc1. The van der Waals surface area contributed by atoms with Crippen LogP contribution < -0.4 is 9.64 Å². The van der Waals surface area contributed by atoms with Gasteiger partial charge in [0.2, 0.25) is 0 Å². The number of carbonyl (C=O) groups is 1. The minimum atomic E-state index is 0.144. The van der Waals surface area contributed by atoms with Gasteiger partial charge in [-0.05, 0) is 88.1 Å². The molecule has 5 heteroatoms. The molecule has 2 heterocycles. The molecule has 4 rings (SSSR count). The number of piperidine rings is 1. The average Bonchev–Trinajstić information content (AvgIpc) is 3.33.